The van der Waals surface area contributed by atoms with E-state index in [-0.39, 0.29) is 18.0 Å². The second-order valence-electron chi connectivity index (χ2n) is 7.95. The number of carbonyl (C=O) groups is 1. The van der Waals surface area contributed by atoms with Gasteiger partial charge in [0, 0.05) is 24.2 Å². The van der Waals surface area contributed by atoms with E-state index in [0.29, 0.717) is 30.3 Å². The van der Waals surface area contributed by atoms with Crippen LogP contribution < -0.4 is 5.69 Å². The first-order chi connectivity index (χ1) is 14.0. The molecule has 0 amide bonds. The van der Waals surface area contributed by atoms with Gasteiger partial charge < -0.3 is 0 Å². The Morgan fingerprint density at radius 2 is 1.83 bits per heavy atom. The van der Waals surface area contributed by atoms with E-state index < -0.39 is 0 Å². The summed E-state index contributed by atoms with van der Waals surface area (Å²) >= 11 is 6.02. The van der Waals surface area contributed by atoms with Crippen molar-refractivity contribution < 1.29 is 4.79 Å². The molecule has 3 aromatic rings. The number of aromatic nitrogens is 2. The van der Waals surface area contributed by atoms with Crippen LogP contribution in [0.3, 0.4) is 0 Å². The molecule has 1 aliphatic carbocycles. The van der Waals surface area contributed by atoms with Crippen molar-refractivity contribution in [3.05, 3.63) is 81.4 Å². The molecule has 4 rings (SSSR count). The van der Waals surface area contributed by atoms with E-state index >= 15 is 0 Å². The number of halogens is 1. The molecule has 2 aromatic carbocycles. The molecule has 0 saturated heterocycles. The molecule has 0 spiro atoms. The van der Waals surface area contributed by atoms with Crippen LogP contribution in [0.15, 0.2) is 59.5 Å². The fourth-order valence-electron chi connectivity index (χ4n) is 3.66. The fraction of sp³-hybridized carbons (Fsp3) is 0.333. The maximum Gasteiger partial charge on any atom is 0.329 e. The zero-order valence-electron chi connectivity index (χ0n) is 16.6. The monoisotopic (exact) mass is 408 g/mol. The van der Waals surface area contributed by atoms with Gasteiger partial charge in [0.15, 0.2) is 5.78 Å². The molecule has 1 fully saturated rings. The van der Waals surface area contributed by atoms with Gasteiger partial charge in [-0.2, -0.15) is 0 Å². The number of carbonyl (C=O) groups excluding carboxylic acids is 1. The quantitative estimate of drug-likeness (QED) is 0.532. The molecule has 5 heteroatoms. The number of ketones is 1. The lowest BCUT2D eigenvalue weighted by molar-refractivity contribution is -0.119. The van der Waals surface area contributed by atoms with Crippen LogP contribution in [0.5, 0.6) is 0 Å². The van der Waals surface area contributed by atoms with Gasteiger partial charge in [0.2, 0.25) is 0 Å². The number of nitrogens with zero attached hydrogens (tertiary/aromatic N) is 2. The molecule has 1 heterocycles. The number of benzene rings is 2. The lowest BCUT2D eigenvalue weighted by atomic mass is 10.0. The highest BCUT2D eigenvalue weighted by molar-refractivity contribution is 6.30. The average Bonchev–Trinajstić information content (AvgIpc) is 3.48. The summed E-state index contributed by atoms with van der Waals surface area (Å²) < 4.78 is 3.38. The van der Waals surface area contributed by atoms with Crippen molar-refractivity contribution in [2.45, 2.75) is 45.7 Å². The number of imidazole rings is 1. The van der Waals surface area contributed by atoms with Crippen LogP contribution in [0, 0.1) is 12.8 Å². The van der Waals surface area contributed by atoms with Crippen molar-refractivity contribution in [1.29, 1.82) is 0 Å². The highest BCUT2D eigenvalue weighted by Crippen LogP contribution is 2.32. The predicted octanol–water partition coefficient (Wildman–Crippen LogP) is 4.89. The Bertz CT molecular complexity index is 1080. The molecule has 1 aliphatic rings. The van der Waals surface area contributed by atoms with E-state index in [1.54, 1.807) is 4.57 Å². The summed E-state index contributed by atoms with van der Waals surface area (Å²) in [5.74, 6) is 0.632. The van der Waals surface area contributed by atoms with Crippen LogP contribution in [0.1, 0.15) is 30.4 Å². The van der Waals surface area contributed by atoms with Crippen LogP contribution in [-0.4, -0.2) is 14.9 Å². The molecule has 0 radical (unpaired) electrons. The molecule has 0 N–H and O–H groups in total. The lowest BCUT2D eigenvalue weighted by Gasteiger charge is -2.06. The summed E-state index contributed by atoms with van der Waals surface area (Å²) in [7, 11) is 0. The minimum atomic E-state index is -0.105. The number of hydrogen-bond donors (Lipinski definition) is 0. The van der Waals surface area contributed by atoms with Crippen LogP contribution in [-0.2, 0) is 24.3 Å². The normalized spacial score (nSPS) is 13.6. The number of rotatable bonds is 8. The summed E-state index contributed by atoms with van der Waals surface area (Å²) in [6.07, 6.45) is 5.27. The van der Waals surface area contributed by atoms with Crippen molar-refractivity contribution in [2.75, 3.05) is 0 Å². The van der Waals surface area contributed by atoms with Crippen LogP contribution in [0.4, 0.5) is 0 Å². The third-order valence-corrected chi connectivity index (χ3v) is 5.86. The summed E-state index contributed by atoms with van der Waals surface area (Å²) in [4.78, 5) is 25.6. The second kappa shape index (κ2) is 8.42. The Morgan fingerprint density at radius 3 is 2.52 bits per heavy atom. The lowest BCUT2D eigenvalue weighted by Crippen LogP contribution is -2.27. The maximum atomic E-state index is 13.0. The van der Waals surface area contributed by atoms with Crippen molar-refractivity contribution in [3.63, 3.8) is 0 Å². The van der Waals surface area contributed by atoms with E-state index in [0.717, 1.165) is 24.1 Å². The van der Waals surface area contributed by atoms with Gasteiger partial charge in [-0.1, -0.05) is 48.0 Å². The predicted molar refractivity (Wildman–Crippen MR) is 116 cm³/mol. The molecule has 0 bridgehead atoms. The molecule has 0 aliphatic heterocycles. The molecule has 150 valence electrons. The Balaban J connectivity index is 1.53. The summed E-state index contributed by atoms with van der Waals surface area (Å²) in [5, 5.41) is 0.663. The van der Waals surface area contributed by atoms with Gasteiger partial charge in [-0.05, 0) is 60.9 Å². The summed E-state index contributed by atoms with van der Waals surface area (Å²) in [5.41, 5.74) is 4.06. The van der Waals surface area contributed by atoms with E-state index in [4.69, 9.17) is 11.6 Å². The SMILES string of the molecule is Cc1ccccc1CCC(=O)Cn1cc(-c2ccc(Cl)cc2)n(CC2CC2)c1=O. The third-order valence-electron chi connectivity index (χ3n) is 5.60. The Morgan fingerprint density at radius 1 is 1.10 bits per heavy atom. The largest absolute Gasteiger partial charge is 0.329 e. The molecule has 0 atom stereocenters. The van der Waals surface area contributed by atoms with Crippen LogP contribution in [0.25, 0.3) is 11.3 Å². The van der Waals surface area contributed by atoms with E-state index in [1.165, 1.54) is 11.1 Å². The number of hydrogen-bond acceptors (Lipinski definition) is 2. The molecule has 0 unspecified atom stereocenters. The maximum absolute atomic E-state index is 13.0. The van der Waals surface area contributed by atoms with Gasteiger partial charge in [0.1, 0.15) is 0 Å². The fourth-order valence-corrected chi connectivity index (χ4v) is 3.79. The van der Waals surface area contributed by atoms with Crippen LogP contribution in [0.2, 0.25) is 5.02 Å². The van der Waals surface area contributed by atoms with Crippen LogP contribution >= 0.6 is 11.6 Å². The summed E-state index contributed by atoms with van der Waals surface area (Å²) in [6, 6.07) is 15.6. The van der Waals surface area contributed by atoms with E-state index in [1.807, 2.05) is 47.2 Å². The molecule has 1 aromatic heterocycles. The Labute approximate surface area is 175 Å². The highest BCUT2D eigenvalue weighted by Gasteiger charge is 2.25. The van der Waals surface area contributed by atoms with Crippen molar-refractivity contribution in [3.8, 4) is 11.3 Å². The topological polar surface area (TPSA) is 44.0 Å². The van der Waals surface area contributed by atoms with E-state index in [2.05, 4.69) is 19.1 Å². The standard InChI is InChI=1S/C24H25ClN2O2/c1-17-4-2-3-5-19(17)10-13-22(28)15-26-16-23(20-8-11-21(25)12-9-20)27(24(26)29)14-18-6-7-18/h2-5,8-9,11-12,16,18H,6-7,10,13-15H2,1H3. The van der Waals surface area contributed by atoms with Gasteiger partial charge >= 0.3 is 5.69 Å². The minimum absolute atomic E-state index is 0.0709. The van der Waals surface area contributed by atoms with Crippen molar-refractivity contribution in [1.82, 2.24) is 9.13 Å². The van der Waals surface area contributed by atoms with E-state index in [9.17, 15) is 9.59 Å². The molecular weight excluding hydrogens is 384 g/mol. The minimum Gasteiger partial charge on any atom is -0.298 e. The number of Topliss-reactive ketones (excluding diaryl/α,β-unsaturated/α-hetero) is 1. The third kappa shape index (κ3) is 4.70. The average molecular weight is 409 g/mol. The molecule has 1 saturated carbocycles. The van der Waals surface area contributed by atoms with Crippen molar-refractivity contribution >= 4 is 17.4 Å². The first-order valence-corrected chi connectivity index (χ1v) is 10.5. The molecular formula is C24H25ClN2O2. The second-order valence-corrected chi connectivity index (χ2v) is 8.39. The summed E-state index contributed by atoms with van der Waals surface area (Å²) in [6.45, 7) is 2.88. The Kier molecular flexibility index (Phi) is 5.72. The zero-order chi connectivity index (χ0) is 20.4. The smallest absolute Gasteiger partial charge is 0.298 e. The van der Waals surface area contributed by atoms with Crippen molar-refractivity contribution in [2.24, 2.45) is 5.92 Å². The first-order valence-electron chi connectivity index (χ1n) is 10.1. The Hall–Kier alpha value is -2.59. The number of aryl methyl sites for hydroxylation is 2. The van der Waals surface area contributed by atoms with Gasteiger partial charge in [-0.25, -0.2) is 4.79 Å². The van der Waals surface area contributed by atoms with Gasteiger partial charge in [-0.3, -0.25) is 13.9 Å². The van der Waals surface area contributed by atoms with Gasteiger partial charge in [0.05, 0.1) is 12.2 Å². The first kappa shape index (κ1) is 19.7. The molecule has 4 nitrogen and oxygen atoms in total. The van der Waals surface area contributed by atoms with Gasteiger partial charge in [0.25, 0.3) is 0 Å². The van der Waals surface area contributed by atoms with Gasteiger partial charge in [-0.15, -0.1) is 0 Å². The molecule has 29 heavy (non-hydrogen) atoms. The zero-order valence-corrected chi connectivity index (χ0v) is 17.4. The highest BCUT2D eigenvalue weighted by atomic mass is 35.5.